The lowest BCUT2D eigenvalue weighted by molar-refractivity contribution is 1.32. The molecule has 0 aliphatic carbocycles. The van der Waals surface area contributed by atoms with Crippen LogP contribution in [0.1, 0.15) is 16.7 Å². The second-order valence-electron chi connectivity index (χ2n) is 3.02. The number of nitrogens with one attached hydrogen (secondary N) is 1. The molecule has 0 saturated heterocycles. The number of hydrogen-bond acceptors (Lipinski definition) is 1. The van der Waals surface area contributed by atoms with Crippen LogP contribution in [0.4, 0.5) is 5.69 Å². The minimum Gasteiger partial charge on any atom is -0.418 e. The van der Waals surface area contributed by atoms with Crippen LogP contribution in [0, 0.1) is 20.8 Å². The Morgan fingerprint density at radius 3 is 1.91 bits per heavy atom. The van der Waals surface area contributed by atoms with Crippen LogP contribution in [-0.4, -0.2) is 10.4 Å². The molecule has 1 aromatic rings. The van der Waals surface area contributed by atoms with Crippen molar-refractivity contribution in [3.8, 4) is 0 Å². The molecular formula is C9H15NSi. The predicted molar refractivity (Wildman–Crippen MR) is 54.2 cm³/mol. The normalized spacial score (nSPS) is 10.1. The second-order valence-corrected chi connectivity index (χ2v) is 3.52. The Morgan fingerprint density at radius 2 is 1.55 bits per heavy atom. The Hall–Kier alpha value is -0.763. The zero-order chi connectivity index (χ0) is 8.43. The molecule has 0 aliphatic heterocycles. The molecule has 1 rings (SSSR count). The van der Waals surface area contributed by atoms with Crippen molar-refractivity contribution in [3.05, 3.63) is 28.8 Å². The van der Waals surface area contributed by atoms with Gasteiger partial charge in [-0.25, -0.2) is 0 Å². The van der Waals surface area contributed by atoms with Crippen LogP contribution in [0.2, 0.25) is 0 Å². The molecule has 0 spiro atoms. The van der Waals surface area contributed by atoms with Crippen molar-refractivity contribution in [2.45, 2.75) is 20.8 Å². The van der Waals surface area contributed by atoms with Crippen LogP contribution in [0.25, 0.3) is 0 Å². The van der Waals surface area contributed by atoms with Gasteiger partial charge in [0.1, 0.15) is 10.4 Å². The first-order valence-corrected chi connectivity index (χ1v) is 4.90. The van der Waals surface area contributed by atoms with Crippen molar-refractivity contribution in [1.82, 2.24) is 0 Å². The van der Waals surface area contributed by atoms with Gasteiger partial charge in [-0.15, -0.1) is 0 Å². The van der Waals surface area contributed by atoms with Crippen LogP contribution < -0.4 is 4.98 Å². The van der Waals surface area contributed by atoms with E-state index in [0.29, 0.717) is 0 Å². The van der Waals surface area contributed by atoms with Crippen molar-refractivity contribution < 1.29 is 0 Å². The van der Waals surface area contributed by atoms with Crippen LogP contribution in [0.3, 0.4) is 0 Å². The van der Waals surface area contributed by atoms with E-state index in [1.807, 2.05) is 0 Å². The maximum absolute atomic E-state index is 3.33. The summed E-state index contributed by atoms with van der Waals surface area (Å²) in [5, 5.41) is 0. The molecule has 0 fully saturated rings. The third-order valence-corrected chi connectivity index (χ3v) is 2.43. The fourth-order valence-corrected chi connectivity index (χ4v) is 2.36. The molecule has 0 radical (unpaired) electrons. The molecule has 0 heterocycles. The Kier molecular flexibility index (Phi) is 2.34. The van der Waals surface area contributed by atoms with Gasteiger partial charge in [-0.2, -0.15) is 0 Å². The Balaban J connectivity index is 3.25. The van der Waals surface area contributed by atoms with Crippen LogP contribution in [0.5, 0.6) is 0 Å². The fourth-order valence-electron chi connectivity index (χ4n) is 1.57. The van der Waals surface area contributed by atoms with Gasteiger partial charge < -0.3 is 4.98 Å². The van der Waals surface area contributed by atoms with Gasteiger partial charge in [0.25, 0.3) is 0 Å². The van der Waals surface area contributed by atoms with Crippen molar-refractivity contribution in [3.63, 3.8) is 0 Å². The smallest absolute Gasteiger partial charge is 0.104 e. The third-order valence-electron chi connectivity index (χ3n) is 1.93. The first-order valence-electron chi connectivity index (χ1n) is 3.90. The van der Waals surface area contributed by atoms with Crippen molar-refractivity contribution in [2.75, 3.05) is 4.98 Å². The minimum atomic E-state index is 1.02. The summed E-state index contributed by atoms with van der Waals surface area (Å²) in [5.41, 5.74) is 5.39. The van der Waals surface area contributed by atoms with E-state index >= 15 is 0 Å². The van der Waals surface area contributed by atoms with Gasteiger partial charge in [0.15, 0.2) is 0 Å². The molecule has 11 heavy (non-hydrogen) atoms. The first-order chi connectivity index (χ1) is 5.15. The van der Waals surface area contributed by atoms with E-state index in [1.165, 1.54) is 22.4 Å². The predicted octanol–water partition coefficient (Wildman–Crippen LogP) is 1.30. The Labute approximate surface area is 71.3 Å². The number of aryl methyl sites for hydroxylation is 3. The maximum Gasteiger partial charge on any atom is 0.104 e. The van der Waals surface area contributed by atoms with E-state index in [4.69, 9.17) is 0 Å². The summed E-state index contributed by atoms with van der Waals surface area (Å²) in [6.07, 6.45) is 0. The lowest BCUT2D eigenvalue weighted by Crippen LogP contribution is -1.97. The van der Waals surface area contributed by atoms with Gasteiger partial charge >= 0.3 is 0 Å². The van der Waals surface area contributed by atoms with Gasteiger partial charge in [-0.05, 0) is 31.9 Å². The number of benzene rings is 1. The highest BCUT2D eigenvalue weighted by Crippen LogP contribution is 2.20. The lowest BCUT2D eigenvalue weighted by Gasteiger charge is -2.09. The fraction of sp³-hybridized carbons (Fsp3) is 0.333. The topological polar surface area (TPSA) is 12.0 Å². The summed E-state index contributed by atoms with van der Waals surface area (Å²) in [4.78, 5) is 3.33. The molecule has 0 amide bonds. The average molecular weight is 165 g/mol. The van der Waals surface area contributed by atoms with Crippen LogP contribution in [-0.2, 0) is 0 Å². The van der Waals surface area contributed by atoms with Gasteiger partial charge in [-0.1, -0.05) is 17.7 Å². The standard InChI is InChI=1S/C9H15NSi/c1-6-4-7(2)9(10-11)8(3)5-6/h4-5,10H,1-3,11H3. The van der Waals surface area contributed by atoms with E-state index in [2.05, 4.69) is 37.9 Å². The summed E-state index contributed by atoms with van der Waals surface area (Å²) in [6.45, 7) is 6.44. The van der Waals surface area contributed by atoms with E-state index < -0.39 is 0 Å². The van der Waals surface area contributed by atoms with Gasteiger partial charge in [0, 0.05) is 5.69 Å². The summed E-state index contributed by atoms with van der Waals surface area (Å²) in [6, 6.07) is 4.43. The molecule has 1 N–H and O–H groups in total. The highest BCUT2D eigenvalue weighted by molar-refractivity contribution is 6.16. The van der Waals surface area contributed by atoms with E-state index in [-0.39, 0.29) is 0 Å². The van der Waals surface area contributed by atoms with Gasteiger partial charge in [-0.3, -0.25) is 0 Å². The maximum atomic E-state index is 3.33. The third kappa shape index (κ3) is 1.63. The number of anilines is 1. The average Bonchev–Trinajstić information content (AvgIpc) is 1.85. The van der Waals surface area contributed by atoms with Gasteiger partial charge in [0.05, 0.1) is 0 Å². The van der Waals surface area contributed by atoms with Gasteiger partial charge in [0.2, 0.25) is 0 Å². The molecule has 0 bridgehead atoms. The quantitative estimate of drug-likeness (QED) is 0.619. The summed E-state index contributed by atoms with van der Waals surface area (Å²) < 4.78 is 0. The Bertz CT molecular complexity index is 245. The van der Waals surface area contributed by atoms with Crippen molar-refractivity contribution >= 4 is 16.1 Å². The molecule has 0 aliphatic rings. The molecule has 1 nitrogen and oxygen atoms in total. The SMILES string of the molecule is Cc1cc(C)c(N[SiH3])c(C)c1. The van der Waals surface area contributed by atoms with E-state index in [1.54, 1.807) is 0 Å². The molecule has 0 atom stereocenters. The zero-order valence-electron chi connectivity index (χ0n) is 7.65. The molecule has 0 aromatic heterocycles. The van der Waals surface area contributed by atoms with Crippen LogP contribution >= 0.6 is 0 Å². The minimum absolute atomic E-state index is 1.02. The zero-order valence-corrected chi connectivity index (χ0v) is 9.65. The van der Waals surface area contributed by atoms with E-state index in [9.17, 15) is 0 Å². The first kappa shape index (κ1) is 8.33. The Morgan fingerprint density at radius 1 is 1.09 bits per heavy atom. The van der Waals surface area contributed by atoms with Crippen molar-refractivity contribution in [1.29, 1.82) is 0 Å². The van der Waals surface area contributed by atoms with Crippen LogP contribution in [0.15, 0.2) is 12.1 Å². The van der Waals surface area contributed by atoms with E-state index in [0.717, 1.165) is 10.4 Å². The summed E-state index contributed by atoms with van der Waals surface area (Å²) >= 11 is 0. The summed E-state index contributed by atoms with van der Waals surface area (Å²) in [5.74, 6) is 0. The second kappa shape index (κ2) is 3.09. The number of rotatable bonds is 1. The summed E-state index contributed by atoms with van der Waals surface area (Å²) in [7, 11) is 1.02. The molecular weight excluding hydrogens is 150 g/mol. The van der Waals surface area contributed by atoms with Crippen molar-refractivity contribution in [2.24, 2.45) is 0 Å². The molecule has 1 aromatic carbocycles. The largest absolute Gasteiger partial charge is 0.418 e. The number of hydrogen-bond donors (Lipinski definition) is 1. The molecule has 2 heteroatoms. The highest BCUT2D eigenvalue weighted by Gasteiger charge is 1.99. The highest BCUT2D eigenvalue weighted by atomic mass is 28.2. The molecule has 0 saturated carbocycles. The monoisotopic (exact) mass is 165 g/mol. The molecule has 60 valence electrons. The molecule has 0 unspecified atom stereocenters. The lowest BCUT2D eigenvalue weighted by atomic mass is 10.1.